The molecule has 0 bridgehead atoms. The van der Waals surface area contributed by atoms with Gasteiger partial charge in [0, 0.05) is 17.0 Å². The molecule has 1 atom stereocenters. The van der Waals surface area contributed by atoms with Crippen LogP contribution in [0, 0.1) is 0 Å². The summed E-state index contributed by atoms with van der Waals surface area (Å²) in [6, 6.07) is 14.8. The second-order valence-corrected chi connectivity index (χ2v) is 5.30. The van der Waals surface area contributed by atoms with E-state index in [1.54, 1.807) is 12.0 Å². The Balaban J connectivity index is 1.89. The van der Waals surface area contributed by atoms with Gasteiger partial charge in [0.15, 0.2) is 0 Å². The van der Waals surface area contributed by atoms with Crippen LogP contribution in [0.15, 0.2) is 53.6 Å². The molecule has 1 unspecified atom stereocenters. The first kappa shape index (κ1) is 14.9. The van der Waals surface area contributed by atoms with E-state index < -0.39 is 0 Å². The summed E-state index contributed by atoms with van der Waals surface area (Å²) in [7, 11) is 1.62. The lowest BCUT2D eigenvalue weighted by molar-refractivity contribution is 0.0715. The first-order valence-corrected chi connectivity index (χ1v) is 7.28. The molecule has 0 N–H and O–H groups in total. The maximum atomic E-state index is 12.7. The van der Waals surface area contributed by atoms with Gasteiger partial charge in [0.25, 0.3) is 5.91 Å². The standard InChI is InChI=1S/C17H16N4O2/c1-23-13-8-6-12(7-9-13)11-21-16(10-19-20-18)14-4-2-3-5-15(14)17(21)22/h2-9,16H,10-11H2,1H3. The minimum Gasteiger partial charge on any atom is -0.497 e. The predicted octanol–water partition coefficient (Wildman–Crippen LogP) is 3.70. The SMILES string of the molecule is COc1ccc(CN2C(=O)c3ccccc3C2CN=[N+]=[N-])cc1. The van der Waals surface area contributed by atoms with Gasteiger partial charge in [0.1, 0.15) is 5.75 Å². The average molecular weight is 308 g/mol. The number of azide groups is 1. The largest absolute Gasteiger partial charge is 0.497 e. The van der Waals surface area contributed by atoms with Gasteiger partial charge in [-0.05, 0) is 34.9 Å². The Morgan fingerprint density at radius 1 is 1.22 bits per heavy atom. The molecule has 1 heterocycles. The van der Waals surface area contributed by atoms with E-state index in [2.05, 4.69) is 10.0 Å². The van der Waals surface area contributed by atoms with Crippen LogP contribution in [0.5, 0.6) is 5.75 Å². The summed E-state index contributed by atoms with van der Waals surface area (Å²) < 4.78 is 5.15. The van der Waals surface area contributed by atoms with Crippen molar-refractivity contribution in [3.05, 3.63) is 75.7 Å². The van der Waals surface area contributed by atoms with E-state index in [4.69, 9.17) is 10.3 Å². The third-order valence-electron chi connectivity index (χ3n) is 4.02. The number of hydrogen-bond acceptors (Lipinski definition) is 3. The van der Waals surface area contributed by atoms with Gasteiger partial charge >= 0.3 is 0 Å². The minimum absolute atomic E-state index is 0.0328. The molecule has 6 heteroatoms. The first-order chi connectivity index (χ1) is 11.2. The van der Waals surface area contributed by atoms with Crippen molar-refractivity contribution in [3.63, 3.8) is 0 Å². The van der Waals surface area contributed by atoms with Crippen LogP contribution < -0.4 is 4.74 Å². The lowest BCUT2D eigenvalue weighted by Crippen LogP contribution is -2.29. The fourth-order valence-electron chi connectivity index (χ4n) is 2.87. The zero-order chi connectivity index (χ0) is 16.2. The third kappa shape index (κ3) is 2.84. The molecule has 0 saturated carbocycles. The normalized spacial score (nSPS) is 16.0. The molecule has 0 fully saturated rings. The summed E-state index contributed by atoms with van der Waals surface area (Å²) in [5, 5.41) is 3.67. The molecule has 1 amide bonds. The second kappa shape index (κ2) is 6.42. The molecule has 116 valence electrons. The van der Waals surface area contributed by atoms with Gasteiger partial charge in [-0.3, -0.25) is 4.79 Å². The molecule has 0 aromatic heterocycles. The van der Waals surface area contributed by atoms with Crippen LogP contribution >= 0.6 is 0 Å². The number of nitrogens with zero attached hydrogens (tertiary/aromatic N) is 4. The van der Waals surface area contributed by atoms with Crippen LogP contribution in [0.2, 0.25) is 0 Å². The molecule has 1 aliphatic rings. The summed E-state index contributed by atoms with van der Waals surface area (Å²) in [5.41, 5.74) is 11.2. The van der Waals surface area contributed by atoms with Crippen molar-refractivity contribution in [2.24, 2.45) is 5.11 Å². The van der Waals surface area contributed by atoms with Crippen molar-refractivity contribution < 1.29 is 9.53 Å². The topological polar surface area (TPSA) is 78.3 Å². The van der Waals surface area contributed by atoms with E-state index >= 15 is 0 Å². The molecular weight excluding hydrogens is 292 g/mol. The molecule has 2 aromatic rings. The number of rotatable bonds is 5. The molecule has 6 nitrogen and oxygen atoms in total. The fraction of sp³-hybridized carbons (Fsp3) is 0.235. The Morgan fingerprint density at radius 2 is 1.96 bits per heavy atom. The highest BCUT2D eigenvalue weighted by Crippen LogP contribution is 2.35. The lowest BCUT2D eigenvalue weighted by atomic mass is 10.0. The summed E-state index contributed by atoms with van der Waals surface area (Å²) in [6.45, 7) is 0.693. The van der Waals surface area contributed by atoms with Crippen LogP contribution in [0.25, 0.3) is 10.4 Å². The minimum atomic E-state index is -0.225. The van der Waals surface area contributed by atoms with Gasteiger partial charge in [-0.1, -0.05) is 35.4 Å². The molecule has 2 aromatic carbocycles. The van der Waals surface area contributed by atoms with Crippen molar-refractivity contribution >= 4 is 5.91 Å². The van der Waals surface area contributed by atoms with Crippen LogP contribution in [0.1, 0.15) is 27.5 Å². The Kier molecular flexibility index (Phi) is 4.17. The Bertz CT molecular complexity index is 766. The number of fused-ring (bicyclic) bond motifs is 1. The molecular formula is C17H16N4O2. The van der Waals surface area contributed by atoms with Gasteiger partial charge in [0.05, 0.1) is 19.7 Å². The van der Waals surface area contributed by atoms with Gasteiger partial charge in [-0.25, -0.2) is 0 Å². The quantitative estimate of drug-likeness (QED) is 0.479. The lowest BCUT2D eigenvalue weighted by Gasteiger charge is -2.24. The summed E-state index contributed by atoms with van der Waals surface area (Å²) in [5.74, 6) is 0.741. The molecule has 3 rings (SSSR count). The number of carbonyl (C=O) groups is 1. The monoisotopic (exact) mass is 308 g/mol. The van der Waals surface area contributed by atoms with E-state index in [1.807, 2.05) is 48.5 Å². The fourth-order valence-corrected chi connectivity index (χ4v) is 2.87. The average Bonchev–Trinajstić information content (AvgIpc) is 2.86. The molecule has 0 saturated heterocycles. The highest BCUT2D eigenvalue weighted by molar-refractivity contribution is 5.99. The van der Waals surface area contributed by atoms with Crippen molar-refractivity contribution in [2.45, 2.75) is 12.6 Å². The summed E-state index contributed by atoms with van der Waals surface area (Å²) >= 11 is 0. The number of carbonyl (C=O) groups excluding carboxylic acids is 1. The third-order valence-corrected chi connectivity index (χ3v) is 4.02. The highest BCUT2D eigenvalue weighted by atomic mass is 16.5. The van der Waals surface area contributed by atoms with E-state index in [0.717, 1.165) is 16.9 Å². The molecule has 1 aliphatic heterocycles. The number of benzene rings is 2. The predicted molar refractivity (Wildman–Crippen MR) is 86.1 cm³/mol. The van der Waals surface area contributed by atoms with Gasteiger partial charge in [0.2, 0.25) is 0 Å². The van der Waals surface area contributed by atoms with E-state index in [0.29, 0.717) is 12.1 Å². The van der Waals surface area contributed by atoms with Crippen LogP contribution in [0.3, 0.4) is 0 Å². The Labute approximate surface area is 133 Å². The summed E-state index contributed by atoms with van der Waals surface area (Å²) in [6.07, 6.45) is 0. The van der Waals surface area contributed by atoms with Crippen molar-refractivity contribution in [1.82, 2.24) is 4.90 Å². The molecule has 23 heavy (non-hydrogen) atoms. The maximum absolute atomic E-state index is 12.7. The van der Waals surface area contributed by atoms with E-state index in [1.165, 1.54) is 0 Å². The first-order valence-electron chi connectivity index (χ1n) is 7.28. The maximum Gasteiger partial charge on any atom is 0.255 e. The van der Waals surface area contributed by atoms with Crippen LogP contribution in [-0.2, 0) is 6.54 Å². The van der Waals surface area contributed by atoms with Crippen molar-refractivity contribution in [2.75, 3.05) is 13.7 Å². The van der Waals surface area contributed by atoms with E-state index in [-0.39, 0.29) is 18.5 Å². The number of hydrogen-bond donors (Lipinski definition) is 0. The number of ether oxygens (including phenoxy) is 1. The zero-order valence-electron chi connectivity index (χ0n) is 12.7. The second-order valence-electron chi connectivity index (χ2n) is 5.30. The van der Waals surface area contributed by atoms with Gasteiger partial charge < -0.3 is 9.64 Å². The van der Waals surface area contributed by atoms with Crippen molar-refractivity contribution in [3.8, 4) is 5.75 Å². The van der Waals surface area contributed by atoms with Crippen LogP contribution in [0.4, 0.5) is 0 Å². The van der Waals surface area contributed by atoms with Crippen molar-refractivity contribution in [1.29, 1.82) is 0 Å². The van der Waals surface area contributed by atoms with Gasteiger partial charge in [-0.15, -0.1) is 0 Å². The van der Waals surface area contributed by atoms with Gasteiger partial charge in [-0.2, -0.15) is 0 Å². The zero-order valence-corrected chi connectivity index (χ0v) is 12.7. The highest BCUT2D eigenvalue weighted by Gasteiger charge is 2.35. The van der Waals surface area contributed by atoms with E-state index in [9.17, 15) is 4.79 Å². The smallest absolute Gasteiger partial charge is 0.255 e. The summed E-state index contributed by atoms with van der Waals surface area (Å²) in [4.78, 5) is 17.2. The molecule has 0 aliphatic carbocycles. The molecule has 0 radical (unpaired) electrons. The number of amides is 1. The Hall–Kier alpha value is -2.98. The Morgan fingerprint density at radius 3 is 2.65 bits per heavy atom. The molecule has 0 spiro atoms. The van der Waals surface area contributed by atoms with Crippen LogP contribution in [-0.4, -0.2) is 24.5 Å². The number of methoxy groups -OCH3 is 1.